The molecule has 0 bridgehead atoms. The van der Waals surface area contributed by atoms with Gasteiger partial charge in [-0.3, -0.25) is 4.79 Å². The Labute approximate surface area is 188 Å². The zero-order valence-electron chi connectivity index (χ0n) is 15.9. The molecule has 1 fully saturated rings. The Morgan fingerprint density at radius 3 is 2.45 bits per heavy atom. The number of hydrogen-bond acceptors (Lipinski definition) is 6. The third-order valence-corrected chi connectivity index (χ3v) is 6.36. The second kappa shape index (κ2) is 8.43. The minimum Gasteiger partial charge on any atom is -0.435 e. The molecule has 4 rings (SSSR count). The van der Waals surface area contributed by atoms with Crippen molar-refractivity contribution in [1.82, 2.24) is 9.97 Å². The number of nitrogens with two attached hydrogens (primary N) is 1. The van der Waals surface area contributed by atoms with E-state index in [0.29, 0.717) is 23.0 Å². The molecule has 1 atom stereocenters. The van der Waals surface area contributed by atoms with E-state index in [9.17, 15) is 13.2 Å². The molecule has 0 saturated carbocycles. The number of anilines is 1. The maximum atomic E-state index is 12.6. The maximum Gasteiger partial charge on any atom is 0.257 e. The number of ether oxygens (including phenoxy) is 1. The van der Waals surface area contributed by atoms with E-state index < -0.39 is 10.0 Å². The van der Waals surface area contributed by atoms with Crippen molar-refractivity contribution < 1.29 is 17.9 Å². The Hall–Kier alpha value is -2.72. The van der Waals surface area contributed by atoms with E-state index in [-0.39, 0.29) is 34.2 Å². The second-order valence-corrected chi connectivity index (χ2v) is 9.22. The smallest absolute Gasteiger partial charge is 0.257 e. The maximum absolute atomic E-state index is 12.6. The van der Waals surface area contributed by atoms with E-state index in [1.54, 1.807) is 29.2 Å². The SMILES string of the molecule is NS(=O)(=O)c1ccc(N2C[C@@H](c3ccc(Cl)c(Oc4nccnc4Cl)c3)CC2=O)cc1. The summed E-state index contributed by atoms with van der Waals surface area (Å²) < 4.78 is 28.6. The van der Waals surface area contributed by atoms with Crippen LogP contribution in [0.15, 0.2) is 59.8 Å². The third-order valence-electron chi connectivity index (χ3n) is 4.86. The minimum atomic E-state index is -3.80. The molecule has 11 heteroatoms. The van der Waals surface area contributed by atoms with Crippen LogP contribution in [0.4, 0.5) is 5.69 Å². The number of sulfonamides is 1. The Morgan fingerprint density at radius 1 is 1.06 bits per heavy atom. The first-order valence-corrected chi connectivity index (χ1v) is 11.4. The van der Waals surface area contributed by atoms with Gasteiger partial charge >= 0.3 is 0 Å². The molecule has 160 valence electrons. The number of aromatic nitrogens is 2. The van der Waals surface area contributed by atoms with Crippen LogP contribution in [0.2, 0.25) is 10.2 Å². The number of carbonyl (C=O) groups is 1. The lowest BCUT2D eigenvalue weighted by molar-refractivity contribution is -0.117. The molecular weight excluding hydrogens is 463 g/mol. The van der Waals surface area contributed by atoms with Gasteiger partial charge in [-0.15, -0.1) is 0 Å². The standard InChI is InChI=1S/C20H16Cl2N4O4S/c21-16-6-1-12(9-17(16)30-20-19(22)24-7-8-25-20)13-10-18(27)26(11-13)14-2-4-15(5-3-14)31(23,28)29/h1-9,13H,10-11H2,(H2,23,28,29)/t13-/m0/s1. The fourth-order valence-corrected chi connectivity index (χ4v) is 4.14. The van der Waals surface area contributed by atoms with Crippen molar-refractivity contribution in [2.24, 2.45) is 5.14 Å². The highest BCUT2D eigenvalue weighted by atomic mass is 35.5. The van der Waals surface area contributed by atoms with Crippen LogP contribution < -0.4 is 14.8 Å². The number of benzene rings is 2. The predicted molar refractivity (Wildman–Crippen MR) is 116 cm³/mol. The number of hydrogen-bond donors (Lipinski definition) is 1. The van der Waals surface area contributed by atoms with Crippen LogP contribution in [0.1, 0.15) is 17.9 Å². The molecule has 0 radical (unpaired) electrons. The summed E-state index contributed by atoms with van der Waals surface area (Å²) in [6, 6.07) is 11.1. The van der Waals surface area contributed by atoms with Gasteiger partial charge in [-0.25, -0.2) is 23.5 Å². The van der Waals surface area contributed by atoms with E-state index >= 15 is 0 Å². The number of carbonyl (C=O) groups excluding carboxylic acids is 1. The largest absolute Gasteiger partial charge is 0.435 e. The van der Waals surface area contributed by atoms with Crippen molar-refractivity contribution in [1.29, 1.82) is 0 Å². The van der Waals surface area contributed by atoms with Gasteiger partial charge in [0.25, 0.3) is 5.88 Å². The summed E-state index contributed by atoms with van der Waals surface area (Å²) in [4.78, 5) is 22.2. The number of rotatable bonds is 5. The average molecular weight is 479 g/mol. The minimum absolute atomic E-state index is 0.0124. The van der Waals surface area contributed by atoms with Crippen LogP contribution >= 0.6 is 23.2 Å². The molecule has 8 nitrogen and oxygen atoms in total. The fraction of sp³-hybridized carbons (Fsp3) is 0.150. The van der Waals surface area contributed by atoms with Crippen molar-refractivity contribution in [2.45, 2.75) is 17.2 Å². The van der Waals surface area contributed by atoms with Crippen LogP contribution in [-0.2, 0) is 14.8 Å². The summed E-state index contributed by atoms with van der Waals surface area (Å²) in [6.07, 6.45) is 3.18. The van der Waals surface area contributed by atoms with Crippen molar-refractivity contribution in [3.05, 3.63) is 70.6 Å². The van der Waals surface area contributed by atoms with Crippen LogP contribution in [0, 0.1) is 0 Å². The molecule has 2 heterocycles. The molecule has 1 amide bonds. The van der Waals surface area contributed by atoms with Gasteiger partial charge in [-0.2, -0.15) is 0 Å². The predicted octanol–water partition coefficient (Wildman–Crippen LogP) is 3.74. The molecule has 1 aliphatic rings. The first-order valence-electron chi connectivity index (χ1n) is 9.09. The topological polar surface area (TPSA) is 115 Å². The number of primary sulfonamides is 1. The van der Waals surface area contributed by atoms with Crippen LogP contribution in [-0.4, -0.2) is 30.8 Å². The Morgan fingerprint density at radius 2 is 1.77 bits per heavy atom. The normalized spacial score (nSPS) is 16.5. The molecule has 2 N–H and O–H groups in total. The van der Waals surface area contributed by atoms with Gasteiger partial charge in [-0.1, -0.05) is 29.3 Å². The van der Waals surface area contributed by atoms with Gasteiger partial charge in [0.2, 0.25) is 15.9 Å². The van der Waals surface area contributed by atoms with E-state index in [0.717, 1.165) is 5.56 Å². The molecule has 2 aromatic carbocycles. The molecular formula is C20H16Cl2N4O4S. The second-order valence-electron chi connectivity index (χ2n) is 6.89. The van der Waals surface area contributed by atoms with Crippen molar-refractivity contribution >= 4 is 44.8 Å². The Bertz CT molecular complexity index is 1250. The van der Waals surface area contributed by atoms with Crippen molar-refractivity contribution in [3.8, 4) is 11.6 Å². The van der Waals surface area contributed by atoms with E-state index in [1.165, 1.54) is 24.5 Å². The van der Waals surface area contributed by atoms with Crippen LogP contribution in [0.5, 0.6) is 11.6 Å². The van der Waals surface area contributed by atoms with Crippen molar-refractivity contribution in [2.75, 3.05) is 11.4 Å². The van der Waals surface area contributed by atoms with Gasteiger partial charge < -0.3 is 9.64 Å². The van der Waals surface area contributed by atoms with Gasteiger partial charge in [0.05, 0.1) is 9.92 Å². The van der Waals surface area contributed by atoms with Gasteiger partial charge in [-0.05, 0) is 42.0 Å². The fourth-order valence-electron chi connectivity index (χ4n) is 3.33. The lowest BCUT2D eigenvalue weighted by Crippen LogP contribution is -2.24. The summed E-state index contributed by atoms with van der Waals surface area (Å²) >= 11 is 12.3. The Kier molecular flexibility index (Phi) is 5.85. The summed E-state index contributed by atoms with van der Waals surface area (Å²) in [7, 11) is -3.80. The molecule has 1 aliphatic heterocycles. The van der Waals surface area contributed by atoms with Crippen LogP contribution in [0.25, 0.3) is 0 Å². The highest BCUT2D eigenvalue weighted by molar-refractivity contribution is 7.89. The molecule has 0 spiro atoms. The van der Waals surface area contributed by atoms with Gasteiger partial charge in [0, 0.05) is 37.0 Å². The number of halogens is 2. The molecule has 1 saturated heterocycles. The van der Waals surface area contributed by atoms with Gasteiger partial charge in [0.15, 0.2) is 5.15 Å². The molecule has 0 aliphatic carbocycles. The summed E-state index contributed by atoms with van der Waals surface area (Å²) in [5, 5.41) is 5.60. The van der Waals surface area contributed by atoms with E-state index in [2.05, 4.69) is 9.97 Å². The molecule has 1 aromatic heterocycles. The lowest BCUT2D eigenvalue weighted by atomic mass is 9.98. The highest BCUT2D eigenvalue weighted by Crippen LogP contribution is 2.37. The Balaban J connectivity index is 1.56. The summed E-state index contributed by atoms with van der Waals surface area (Å²) in [5.74, 6) is 0.289. The highest BCUT2D eigenvalue weighted by Gasteiger charge is 2.32. The summed E-state index contributed by atoms with van der Waals surface area (Å²) in [5.41, 5.74) is 1.45. The molecule has 31 heavy (non-hydrogen) atoms. The molecule has 0 unspecified atom stereocenters. The lowest BCUT2D eigenvalue weighted by Gasteiger charge is -2.18. The van der Waals surface area contributed by atoms with E-state index in [1.807, 2.05) is 6.07 Å². The van der Waals surface area contributed by atoms with E-state index in [4.69, 9.17) is 33.1 Å². The molecule has 3 aromatic rings. The quantitative estimate of drug-likeness (QED) is 0.596. The third kappa shape index (κ3) is 4.64. The number of amides is 1. The van der Waals surface area contributed by atoms with Gasteiger partial charge in [0.1, 0.15) is 5.75 Å². The van der Waals surface area contributed by atoms with Crippen molar-refractivity contribution in [3.63, 3.8) is 0 Å². The average Bonchev–Trinajstić information content (AvgIpc) is 3.12. The monoisotopic (exact) mass is 478 g/mol. The number of nitrogens with zero attached hydrogens (tertiary/aromatic N) is 3. The zero-order chi connectivity index (χ0) is 22.2. The van der Waals surface area contributed by atoms with Crippen LogP contribution in [0.3, 0.4) is 0 Å². The zero-order valence-corrected chi connectivity index (χ0v) is 18.2. The first-order chi connectivity index (χ1) is 14.7. The first kappa shape index (κ1) is 21.5. The summed E-state index contributed by atoms with van der Waals surface area (Å²) in [6.45, 7) is 0.417.